The van der Waals surface area contributed by atoms with Crippen LogP contribution >= 0.6 is 11.3 Å². The van der Waals surface area contributed by atoms with Gasteiger partial charge >= 0.3 is 5.69 Å². The lowest BCUT2D eigenvalue weighted by molar-refractivity contribution is 0.696. The van der Waals surface area contributed by atoms with E-state index in [-0.39, 0.29) is 11.4 Å². The van der Waals surface area contributed by atoms with Crippen molar-refractivity contribution in [1.29, 1.82) is 0 Å². The average Bonchev–Trinajstić information content (AvgIpc) is 2.71. The summed E-state index contributed by atoms with van der Waals surface area (Å²) in [5, 5.41) is 1.97. The number of aromatic nitrogens is 3. The van der Waals surface area contributed by atoms with Crippen molar-refractivity contribution < 1.29 is 0 Å². The van der Waals surface area contributed by atoms with Crippen molar-refractivity contribution in [3.8, 4) is 11.3 Å². The molecule has 2 aromatic rings. The molecule has 0 radical (unpaired) electrons. The monoisotopic (exact) mass is 253 g/mol. The van der Waals surface area contributed by atoms with Gasteiger partial charge in [-0.05, 0) is 0 Å². The van der Waals surface area contributed by atoms with Crippen LogP contribution < -0.4 is 22.7 Å². The number of nitrogens with two attached hydrogens (primary N) is 2. The molecule has 0 fully saturated rings. The molecule has 0 spiro atoms. The van der Waals surface area contributed by atoms with E-state index in [1.807, 2.05) is 0 Å². The summed E-state index contributed by atoms with van der Waals surface area (Å²) < 4.78 is 2.19. The van der Waals surface area contributed by atoms with Gasteiger partial charge in [0.05, 0.1) is 5.69 Å². The first-order chi connectivity index (χ1) is 7.93. The fourth-order valence-electron chi connectivity index (χ4n) is 1.50. The number of nitrogen functional groups attached to an aromatic ring is 2. The molecule has 0 aliphatic carbocycles. The van der Waals surface area contributed by atoms with E-state index in [4.69, 9.17) is 11.5 Å². The SMILES string of the molecule is Cn1c(N)c(-c2csc(N)n2)c(=O)n(C)c1=O. The van der Waals surface area contributed by atoms with Gasteiger partial charge in [-0.25, -0.2) is 9.78 Å². The van der Waals surface area contributed by atoms with Gasteiger partial charge in [-0.3, -0.25) is 13.9 Å². The van der Waals surface area contributed by atoms with Crippen LogP contribution in [-0.2, 0) is 14.1 Å². The molecule has 7 nitrogen and oxygen atoms in total. The van der Waals surface area contributed by atoms with Gasteiger partial charge in [-0.1, -0.05) is 0 Å². The molecule has 90 valence electrons. The van der Waals surface area contributed by atoms with Crippen molar-refractivity contribution in [1.82, 2.24) is 14.1 Å². The number of nitrogens with zero attached hydrogens (tertiary/aromatic N) is 3. The van der Waals surface area contributed by atoms with Crippen LogP contribution in [0, 0.1) is 0 Å². The minimum atomic E-state index is -0.476. The highest BCUT2D eigenvalue weighted by Crippen LogP contribution is 2.23. The third kappa shape index (κ3) is 1.62. The fourth-order valence-corrected chi connectivity index (χ4v) is 2.06. The number of anilines is 2. The number of hydrogen-bond acceptors (Lipinski definition) is 6. The summed E-state index contributed by atoms with van der Waals surface area (Å²) in [5.41, 5.74) is 10.9. The van der Waals surface area contributed by atoms with E-state index < -0.39 is 11.2 Å². The lowest BCUT2D eigenvalue weighted by Crippen LogP contribution is -2.39. The van der Waals surface area contributed by atoms with Gasteiger partial charge in [-0.2, -0.15) is 0 Å². The molecule has 8 heteroatoms. The van der Waals surface area contributed by atoms with Crippen molar-refractivity contribution in [2.24, 2.45) is 14.1 Å². The molecule has 0 saturated heterocycles. The van der Waals surface area contributed by atoms with Crippen LogP contribution in [0.1, 0.15) is 0 Å². The number of thiazole rings is 1. The minimum absolute atomic E-state index is 0.0865. The summed E-state index contributed by atoms with van der Waals surface area (Å²) in [6, 6.07) is 0. The lowest BCUT2D eigenvalue weighted by Gasteiger charge is -2.09. The molecule has 0 saturated carbocycles. The molecule has 0 unspecified atom stereocenters. The molecule has 2 aromatic heterocycles. The van der Waals surface area contributed by atoms with E-state index in [9.17, 15) is 9.59 Å². The van der Waals surface area contributed by atoms with Crippen LogP contribution in [0.15, 0.2) is 15.0 Å². The molecule has 0 aromatic carbocycles. The average molecular weight is 253 g/mol. The maximum atomic E-state index is 12.0. The number of hydrogen-bond donors (Lipinski definition) is 2. The van der Waals surface area contributed by atoms with E-state index >= 15 is 0 Å². The normalized spacial score (nSPS) is 10.7. The molecule has 0 atom stereocenters. The summed E-state index contributed by atoms with van der Waals surface area (Å²) in [6.45, 7) is 0. The zero-order chi connectivity index (χ0) is 12.7. The van der Waals surface area contributed by atoms with Crippen LogP contribution in [0.5, 0.6) is 0 Å². The third-order valence-corrected chi connectivity index (χ3v) is 3.16. The molecule has 0 amide bonds. The van der Waals surface area contributed by atoms with Gasteiger partial charge in [0.2, 0.25) is 0 Å². The minimum Gasteiger partial charge on any atom is -0.384 e. The highest BCUT2D eigenvalue weighted by Gasteiger charge is 2.16. The summed E-state index contributed by atoms with van der Waals surface area (Å²) in [6.07, 6.45) is 0. The van der Waals surface area contributed by atoms with Gasteiger partial charge in [0.25, 0.3) is 5.56 Å². The molecule has 0 aliphatic heterocycles. The Morgan fingerprint density at radius 1 is 1.24 bits per heavy atom. The van der Waals surface area contributed by atoms with E-state index in [1.54, 1.807) is 5.38 Å². The molecule has 2 rings (SSSR count). The third-order valence-electron chi connectivity index (χ3n) is 2.49. The maximum absolute atomic E-state index is 12.0. The van der Waals surface area contributed by atoms with Gasteiger partial charge in [0, 0.05) is 19.5 Å². The molecular weight excluding hydrogens is 242 g/mol. The quantitative estimate of drug-likeness (QED) is 0.703. The van der Waals surface area contributed by atoms with E-state index in [2.05, 4.69) is 4.98 Å². The standard InChI is InChI=1S/C9H11N5O2S/c1-13-6(10)5(4-3-17-8(11)12-4)7(15)14(2)9(13)16/h3H,10H2,1-2H3,(H2,11,12). The maximum Gasteiger partial charge on any atom is 0.332 e. The van der Waals surface area contributed by atoms with E-state index in [0.717, 1.165) is 4.57 Å². The highest BCUT2D eigenvalue weighted by atomic mass is 32.1. The predicted octanol–water partition coefficient (Wildman–Crippen LogP) is -0.628. The fraction of sp³-hybridized carbons (Fsp3) is 0.222. The Morgan fingerprint density at radius 3 is 2.41 bits per heavy atom. The van der Waals surface area contributed by atoms with Crippen molar-refractivity contribution >= 4 is 22.3 Å². The van der Waals surface area contributed by atoms with E-state index in [0.29, 0.717) is 10.8 Å². The Kier molecular flexibility index (Phi) is 2.50. The first-order valence-corrected chi connectivity index (χ1v) is 5.58. The van der Waals surface area contributed by atoms with Crippen molar-refractivity contribution in [3.63, 3.8) is 0 Å². The summed E-state index contributed by atoms with van der Waals surface area (Å²) >= 11 is 1.21. The molecule has 2 heterocycles. The Balaban J connectivity index is 2.88. The molecule has 0 aliphatic rings. The Hall–Kier alpha value is -2.09. The van der Waals surface area contributed by atoms with Gasteiger partial charge in [0.15, 0.2) is 5.13 Å². The second-order valence-corrected chi connectivity index (χ2v) is 4.43. The van der Waals surface area contributed by atoms with Crippen LogP contribution in [0.25, 0.3) is 11.3 Å². The van der Waals surface area contributed by atoms with Crippen LogP contribution in [0.4, 0.5) is 10.9 Å². The lowest BCUT2D eigenvalue weighted by atomic mass is 10.2. The first kappa shape index (κ1) is 11.4. The van der Waals surface area contributed by atoms with Gasteiger partial charge in [0.1, 0.15) is 11.4 Å². The summed E-state index contributed by atoms with van der Waals surface area (Å²) in [5.74, 6) is 0.0865. The zero-order valence-corrected chi connectivity index (χ0v) is 10.1. The highest BCUT2D eigenvalue weighted by molar-refractivity contribution is 7.13. The van der Waals surface area contributed by atoms with Gasteiger partial charge in [-0.15, -0.1) is 11.3 Å². The second-order valence-electron chi connectivity index (χ2n) is 3.54. The molecule has 4 N–H and O–H groups in total. The Labute approximate surface area is 99.9 Å². The van der Waals surface area contributed by atoms with Crippen LogP contribution in [0.3, 0.4) is 0 Å². The Morgan fingerprint density at radius 2 is 1.88 bits per heavy atom. The predicted molar refractivity (Wildman–Crippen MR) is 66.9 cm³/mol. The molecule has 0 bridgehead atoms. The topological polar surface area (TPSA) is 109 Å². The Bertz CT molecular complexity index is 696. The summed E-state index contributed by atoms with van der Waals surface area (Å²) in [4.78, 5) is 27.6. The summed E-state index contributed by atoms with van der Waals surface area (Å²) in [7, 11) is 2.89. The molecular formula is C9H11N5O2S. The first-order valence-electron chi connectivity index (χ1n) is 4.70. The zero-order valence-electron chi connectivity index (χ0n) is 9.30. The van der Waals surface area contributed by atoms with Crippen molar-refractivity contribution in [3.05, 3.63) is 26.2 Å². The van der Waals surface area contributed by atoms with E-state index in [1.165, 1.54) is 30.0 Å². The second kappa shape index (κ2) is 3.74. The van der Waals surface area contributed by atoms with Crippen molar-refractivity contribution in [2.75, 3.05) is 11.5 Å². The van der Waals surface area contributed by atoms with Gasteiger partial charge < -0.3 is 11.5 Å². The largest absolute Gasteiger partial charge is 0.384 e. The van der Waals surface area contributed by atoms with Crippen LogP contribution in [-0.4, -0.2) is 14.1 Å². The molecule has 17 heavy (non-hydrogen) atoms. The number of rotatable bonds is 1. The van der Waals surface area contributed by atoms with Crippen LogP contribution in [0.2, 0.25) is 0 Å². The van der Waals surface area contributed by atoms with Crippen molar-refractivity contribution in [2.45, 2.75) is 0 Å². The smallest absolute Gasteiger partial charge is 0.332 e.